The molecular weight excluding hydrogens is 206 g/mol. The van der Waals surface area contributed by atoms with E-state index in [1.54, 1.807) is 6.20 Å². The monoisotopic (exact) mass is 213 g/mol. The number of aryl methyl sites for hydroxylation is 1. The fraction of sp³-hybridized carbons (Fsp3) is 0.250. The molecule has 2 heterocycles. The third-order valence-corrected chi connectivity index (χ3v) is 2.42. The SMILES string of the molecule is CCn1c(=S)[nH]c2cc(Cl)cnc21. The predicted octanol–water partition coefficient (Wildman–Crippen LogP) is 2.77. The summed E-state index contributed by atoms with van der Waals surface area (Å²) in [7, 11) is 0. The number of aromatic nitrogens is 3. The van der Waals surface area contributed by atoms with Gasteiger partial charge in [-0.25, -0.2) is 4.98 Å². The number of H-pyrrole nitrogens is 1. The second-order valence-electron chi connectivity index (χ2n) is 2.70. The van der Waals surface area contributed by atoms with Crippen LogP contribution in [0.15, 0.2) is 12.3 Å². The first-order valence-corrected chi connectivity index (χ1v) is 4.75. The molecule has 0 amide bonds. The van der Waals surface area contributed by atoms with Gasteiger partial charge < -0.3 is 9.55 Å². The lowest BCUT2D eigenvalue weighted by atomic mass is 10.4. The minimum absolute atomic E-state index is 0.618. The molecule has 68 valence electrons. The van der Waals surface area contributed by atoms with Gasteiger partial charge in [0.05, 0.1) is 10.5 Å². The van der Waals surface area contributed by atoms with Gasteiger partial charge in [-0.1, -0.05) is 11.6 Å². The highest BCUT2D eigenvalue weighted by atomic mass is 35.5. The molecule has 0 saturated carbocycles. The number of nitrogens with zero attached hydrogens (tertiary/aromatic N) is 2. The topological polar surface area (TPSA) is 33.6 Å². The molecule has 0 aliphatic heterocycles. The number of pyridine rings is 1. The highest BCUT2D eigenvalue weighted by Gasteiger charge is 2.03. The summed E-state index contributed by atoms with van der Waals surface area (Å²) >= 11 is 10.9. The van der Waals surface area contributed by atoms with Crippen molar-refractivity contribution in [3.8, 4) is 0 Å². The minimum Gasteiger partial charge on any atom is -0.329 e. The molecule has 0 fully saturated rings. The molecule has 0 radical (unpaired) electrons. The van der Waals surface area contributed by atoms with Gasteiger partial charge in [0.15, 0.2) is 10.4 Å². The van der Waals surface area contributed by atoms with Gasteiger partial charge in [0.2, 0.25) is 0 Å². The maximum Gasteiger partial charge on any atom is 0.179 e. The number of nitrogens with one attached hydrogen (secondary N) is 1. The number of halogens is 1. The summed E-state index contributed by atoms with van der Waals surface area (Å²) in [6, 6.07) is 1.83. The number of fused-ring (bicyclic) bond motifs is 1. The molecule has 5 heteroatoms. The van der Waals surface area contributed by atoms with Crippen LogP contribution in [0.25, 0.3) is 11.2 Å². The Labute approximate surface area is 85.4 Å². The van der Waals surface area contributed by atoms with Crippen LogP contribution in [0.1, 0.15) is 6.92 Å². The summed E-state index contributed by atoms with van der Waals surface area (Å²) in [6.07, 6.45) is 1.62. The maximum atomic E-state index is 5.80. The molecule has 13 heavy (non-hydrogen) atoms. The average Bonchev–Trinajstić information content (AvgIpc) is 2.39. The molecule has 0 spiro atoms. The van der Waals surface area contributed by atoms with Crippen LogP contribution in [0.2, 0.25) is 5.02 Å². The molecular formula is C8H8ClN3S. The van der Waals surface area contributed by atoms with E-state index in [4.69, 9.17) is 23.8 Å². The third-order valence-electron chi connectivity index (χ3n) is 1.89. The van der Waals surface area contributed by atoms with Crippen molar-refractivity contribution >= 4 is 35.0 Å². The van der Waals surface area contributed by atoms with Gasteiger partial charge in [-0.3, -0.25) is 0 Å². The number of hydrogen-bond acceptors (Lipinski definition) is 2. The van der Waals surface area contributed by atoms with Crippen LogP contribution in [-0.4, -0.2) is 14.5 Å². The van der Waals surface area contributed by atoms with E-state index >= 15 is 0 Å². The zero-order chi connectivity index (χ0) is 9.42. The summed E-state index contributed by atoms with van der Waals surface area (Å²) in [5.41, 5.74) is 1.75. The maximum absolute atomic E-state index is 5.80. The zero-order valence-electron chi connectivity index (χ0n) is 7.04. The molecule has 2 aromatic heterocycles. The molecule has 3 nitrogen and oxygen atoms in total. The highest BCUT2D eigenvalue weighted by molar-refractivity contribution is 7.71. The van der Waals surface area contributed by atoms with E-state index in [0.717, 1.165) is 17.7 Å². The van der Waals surface area contributed by atoms with Crippen LogP contribution >= 0.6 is 23.8 Å². The van der Waals surface area contributed by atoms with Crippen LogP contribution < -0.4 is 0 Å². The van der Waals surface area contributed by atoms with Gasteiger partial charge in [0.1, 0.15) is 0 Å². The normalized spacial score (nSPS) is 10.9. The Morgan fingerprint density at radius 2 is 2.46 bits per heavy atom. The summed E-state index contributed by atoms with van der Waals surface area (Å²) in [5.74, 6) is 0. The minimum atomic E-state index is 0.618. The fourth-order valence-electron chi connectivity index (χ4n) is 1.31. The Hall–Kier alpha value is -0.870. The average molecular weight is 214 g/mol. The lowest BCUT2D eigenvalue weighted by Gasteiger charge is -1.96. The summed E-state index contributed by atoms with van der Waals surface area (Å²) in [5, 5.41) is 0.618. The Kier molecular flexibility index (Phi) is 2.09. The van der Waals surface area contributed by atoms with Crippen LogP contribution in [0.5, 0.6) is 0 Å². The smallest absolute Gasteiger partial charge is 0.179 e. The van der Waals surface area contributed by atoms with Crippen molar-refractivity contribution in [3.63, 3.8) is 0 Å². The Bertz CT molecular complexity index is 500. The first-order valence-electron chi connectivity index (χ1n) is 3.96. The van der Waals surface area contributed by atoms with Crippen molar-refractivity contribution in [1.82, 2.24) is 14.5 Å². The first-order chi connectivity index (χ1) is 6.22. The Morgan fingerprint density at radius 3 is 3.15 bits per heavy atom. The lowest BCUT2D eigenvalue weighted by molar-refractivity contribution is 0.766. The number of hydrogen-bond donors (Lipinski definition) is 1. The van der Waals surface area contributed by atoms with Crippen LogP contribution in [0, 0.1) is 4.77 Å². The standard InChI is InChI=1S/C8H8ClN3S/c1-2-12-7-6(11-8(12)13)3-5(9)4-10-7/h3-4H,2H2,1H3,(H,11,13). The van der Waals surface area contributed by atoms with Crippen molar-refractivity contribution in [1.29, 1.82) is 0 Å². The fourth-order valence-corrected chi connectivity index (χ4v) is 1.79. The van der Waals surface area contributed by atoms with E-state index in [1.165, 1.54) is 0 Å². The highest BCUT2D eigenvalue weighted by Crippen LogP contribution is 2.15. The summed E-state index contributed by atoms with van der Waals surface area (Å²) < 4.78 is 2.62. The van der Waals surface area contributed by atoms with E-state index in [0.29, 0.717) is 9.79 Å². The van der Waals surface area contributed by atoms with Gasteiger partial charge in [-0.15, -0.1) is 0 Å². The second-order valence-corrected chi connectivity index (χ2v) is 3.52. The summed E-state index contributed by atoms with van der Waals surface area (Å²) in [6.45, 7) is 2.84. The van der Waals surface area contributed by atoms with Crippen molar-refractivity contribution < 1.29 is 0 Å². The quantitative estimate of drug-likeness (QED) is 0.740. The molecule has 0 atom stereocenters. The van der Waals surface area contributed by atoms with Crippen molar-refractivity contribution in [3.05, 3.63) is 22.1 Å². The van der Waals surface area contributed by atoms with Crippen molar-refractivity contribution in [2.75, 3.05) is 0 Å². The van der Waals surface area contributed by atoms with Gasteiger partial charge in [-0.2, -0.15) is 0 Å². The molecule has 0 unspecified atom stereocenters. The van der Waals surface area contributed by atoms with Gasteiger partial charge in [0, 0.05) is 12.7 Å². The van der Waals surface area contributed by atoms with Crippen LogP contribution in [0.4, 0.5) is 0 Å². The summed E-state index contributed by atoms with van der Waals surface area (Å²) in [4.78, 5) is 7.26. The molecule has 0 aliphatic carbocycles. The predicted molar refractivity (Wildman–Crippen MR) is 55.6 cm³/mol. The van der Waals surface area contributed by atoms with Crippen LogP contribution in [-0.2, 0) is 6.54 Å². The van der Waals surface area contributed by atoms with E-state index in [1.807, 2.05) is 17.6 Å². The van der Waals surface area contributed by atoms with Crippen LogP contribution in [0.3, 0.4) is 0 Å². The molecule has 1 N–H and O–H groups in total. The lowest BCUT2D eigenvalue weighted by Crippen LogP contribution is -1.94. The largest absolute Gasteiger partial charge is 0.329 e. The number of imidazole rings is 1. The van der Waals surface area contributed by atoms with Crippen molar-refractivity contribution in [2.24, 2.45) is 0 Å². The molecule has 2 rings (SSSR count). The van der Waals surface area contributed by atoms with E-state index in [-0.39, 0.29) is 0 Å². The van der Waals surface area contributed by atoms with Crippen molar-refractivity contribution in [2.45, 2.75) is 13.5 Å². The molecule has 0 bridgehead atoms. The second kappa shape index (κ2) is 3.12. The number of rotatable bonds is 1. The Morgan fingerprint density at radius 1 is 1.69 bits per heavy atom. The molecule has 2 aromatic rings. The van der Waals surface area contributed by atoms with E-state index in [2.05, 4.69) is 9.97 Å². The van der Waals surface area contributed by atoms with E-state index < -0.39 is 0 Å². The van der Waals surface area contributed by atoms with Gasteiger partial charge in [-0.05, 0) is 25.2 Å². The number of aromatic amines is 1. The van der Waals surface area contributed by atoms with Gasteiger partial charge in [0.25, 0.3) is 0 Å². The zero-order valence-corrected chi connectivity index (χ0v) is 8.61. The Balaban J connectivity index is 2.87. The third kappa shape index (κ3) is 1.36. The van der Waals surface area contributed by atoms with Gasteiger partial charge >= 0.3 is 0 Å². The molecule has 0 saturated heterocycles. The first kappa shape index (κ1) is 8.72. The molecule has 0 aliphatic rings. The molecule has 0 aromatic carbocycles. The van der Waals surface area contributed by atoms with E-state index in [9.17, 15) is 0 Å².